The van der Waals surface area contributed by atoms with E-state index >= 15 is 0 Å². The molecule has 6 heteroatoms. The van der Waals surface area contributed by atoms with Crippen LogP contribution in [0.15, 0.2) is 42.7 Å². The van der Waals surface area contributed by atoms with Crippen LogP contribution in [0, 0.1) is 6.92 Å². The van der Waals surface area contributed by atoms with Crippen LogP contribution in [-0.4, -0.2) is 35.1 Å². The van der Waals surface area contributed by atoms with Gasteiger partial charge in [0.2, 0.25) is 0 Å². The zero-order chi connectivity index (χ0) is 17.6. The van der Waals surface area contributed by atoms with Gasteiger partial charge in [-0.3, -0.25) is 4.98 Å². The molecule has 3 rings (SSSR count). The fraction of sp³-hybridized carbons (Fsp3) is 0.368. The van der Waals surface area contributed by atoms with Crippen LogP contribution in [0.2, 0.25) is 5.02 Å². The lowest BCUT2D eigenvalue weighted by Crippen LogP contribution is -2.43. The molecule has 0 spiro atoms. The second-order valence-electron chi connectivity index (χ2n) is 6.27. The molecule has 2 aromatic rings. The van der Waals surface area contributed by atoms with E-state index in [0.717, 1.165) is 24.0 Å². The highest BCUT2D eigenvalue weighted by atomic mass is 35.5. The number of aromatic nitrogens is 1. The van der Waals surface area contributed by atoms with Gasteiger partial charge in [0, 0.05) is 25.5 Å². The molecule has 0 radical (unpaired) electrons. The third-order valence-electron chi connectivity index (χ3n) is 4.30. The number of urea groups is 1. The quantitative estimate of drug-likeness (QED) is 0.887. The number of piperidine rings is 1. The van der Waals surface area contributed by atoms with Crippen molar-refractivity contribution < 1.29 is 9.53 Å². The first-order valence-electron chi connectivity index (χ1n) is 8.44. The second kappa shape index (κ2) is 8.32. The van der Waals surface area contributed by atoms with Gasteiger partial charge in [-0.15, -0.1) is 0 Å². The normalized spacial score (nSPS) is 15.2. The summed E-state index contributed by atoms with van der Waals surface area (Å²) in [7, 11) is 0. The van der Waals surface area contributed by atoms with E-state index in [-0.39, 0.29) is 12.1 Å². The Morgan fingerprint density at radius 1 is 1.36 bits per heavy atom. The van der Waals surface area contributed by atoms with E-state index in [1.54, 1.807) is 12.3 Å². The number of rotatable bonds is 4. The molecule has 132 valence electrons. The fourth-order valence-corrected chi connectivity index (χ4v) is 3.02. The SMILES string of the molecule is Cc1ccc(Cl)c(NC(=O)N2CCC(OCc3cccnc3)CC2)c1. The molecule has 2 heterocycles. The molecule has 2 amide bonds. The second-order valence-corrected chi connectivity index (χ2v) is 6.68. The summed E-state index contributed by atoms with van der Waals surface area (Å²) in [5.41, 5.74) is 2.78. The predicted molar refractivity (Wildman–Crippen MR) is 98.8 cm³/mol. The highest BCUT2D eigenvalue weighted by Gasteiger charge is 2.23. The smallest absolute Gasteiger partial charge is 0.321 e. The zero-order valence-electron chi connectivity index (χ0n) is 14.2. The molecular formula is C19H22ClN3O2. The Morgan fingerprint density at radius 3 is 2.88 bits per heavy atom. The Kier molecular flexibility index (Phi) is 5.89. The van der Waals surface area contributed by atoms with Crippen LogP contribution >= 0.6 is 11.6 Å². The molecule has 1 aromatic carbocycles. The minimum absolute atomic E-state index is 0.113. The Hall–Kier alpha value is -2.11. The van der Waals surface area contributed by atoms with Crippen molar-refractivity contribution in [1.82, 2.24) is 9.88 Å². The molecule has 0 saturated carbocycles. The van der Waals surface area contributed by atoms with Crippen LogP contribution < -0.4 is 5.32 Å². The predicted octanol–water partition coefficient (Wildman–Crippen LogP) is 4.26. The molecule has 1 aliphatic heterocycles. The number of nitrogens with one attached hydrogen (secondary N) is 1. The highest BCUT2D eigenvalue weighted by molar-refractivity contribution is 6.33. The number of hydrogen-bond acceptors (Lipinski definition) is 3. The van der Waals surface area contributed by atoms with Crippen LogP contribution in [0.4, 0.5) is 10.5 Å². The Morgan fingerprint density at radius 2 is 2.16 bits per heavy atom. The number of carbonyl (C=O) groups is 1. The standard InChI is InChI=1S/C19H22ClN3O2/c1-14-4-5-17(20)18(11-14)22-19(24)23-9-6-16(7-10-23)25-13-15-3-2-8-21-12-15/h2-5,8,11-12,16H,6-7,9-10,13H2,1H3,(H,22,24). The van der Waals surface area contributed by atoms with Crippen molar-refractivity contribution in [2.24, 2.45) is 0 Å². The Balaban J connectivity index is 1.47. The van der Waals surface area contributed by atoms with Gasteiger partial charge in [-0.2, -0.15) is 0 Å². The lowest BCUT2D eigenvalue weighted by Gasteiger charge is -2.32. The molecule has 25 heavy (non-hydrogen) atoms. The summed E-state index contributed by atoms with van der Waals surface area (Å²) in [4.78, 5) is 18.3. The van der Waals surface area contributed by atoms with Crippen LogP contribution in [0.1, 0.15) is 24.0 Å². The summed E-state index contributed by atoms with van der Waals surface area (Å²) < 4.78 is 5.93. The van der Waals surface area contributed by atoms with E-state index in [9.17, 15) is 4.79 Å². The van der Waals surface area contributed by atoms with Crippen LogP contribution in [0.25, 0.3) is 0 Å². The number of aryl methyl sites for hydroxylation is 1. The van der Waals surface area contributed by atoms with Crippen molar-refractivity contribution in [2.75, 3.05) is 18.4 Å². The van der Waals surface area contributed by atoms with Crippen molar-refractivity contribution in [3.05, 3.63) is 58.9 Å². The summed E-state index contributed by atoms with van der Waals surface area (Å²) in [6.07, 6.45) is 5.39. The number of amides is 2. The molecule has 0 unspecified atom stereocenters. The average molecular weight is 360 g/mol. The van der Waals surface area contributed by atoms with Crippen molar-refractivity contribution in [3.8, 4) is 0 Å². The number of carbonyl (C=O) groups excluding carboxylic acids is 1. The molecule has 1 aromatic heterocycles. The topological polar surface area (TPSA) is 54.5 Å². The minimum atomic E-state index is -0.113. The van der Waals surface area contributed by atoms with Crippen LogP contribution in [0.3, 0.4) is 0 Å². The maximum atomic E-state index is 12.4. The van der Waals surface area contributed by atoms with Gasteiger partial charge in [0.1, 0.15) is 0 Å². The summed E-state index contributed by atoms with van der Waals surface area (Å²) in [5.74, 6) is 0. The first kappa shape index (κ1) is 17.7. The molecule has 5 nitrogen and oxygen atoms in total. The number of hydrogen-bond donors (Lipinski definition) is 1. The number of benzene rings is 1. The van der Waals surface area contributed by atoms with Crippen molar-refractivity contribution in [3.63, 3.8) is 0 Å². The van der Waals surface area contributed by atoms with E-state index in [1.165, 1.54) is 0 Å². The van der Waals surface area contributed by atoms with Crippen molar-refractivity contribution in [1.29, 1.82) is 0 Å². The first-order valence-corrected chi connectivity index (χ1v) is 8.82. The molecule has 1 aliphatic rings. The van der Waals surface area contributed by atoms with Gasteiger partial charge in [-0.05, 0) is 49.1 Å². The molecular weight excluding hydrogens is 338 g/mol. The fourth-order valence-electron chi connectivity index (χ4n) is 2.85. The lowest BCUT2D eigenvalue weighted by molar-refractivity contribution is 0.00530. The number of ether oxygens (including phenoxy) is 1. The molecule has 1 saturated heterocycles. The third-order valence-corrected chi connectivity index (χ3v) is 4.63. The van der Waals surface area contributed by atoms with Gasteiger partial charge < -0.3 is 15.0 Å². The number of likely N-dealkylation sites (tertiary alicyclic amines) is 1. The molecule has 0 bridgehead atoms. The third kappa shape index (κ3) is 4.94. The minimum Gasteiger partial charge on any atom is -0.373 e. The van der Waals surface area contributed by atoms with Crippen LogP contribution in [0.5, 0.6) is 0 Å². The lowest BCUT2D eigenvalue weighted by atomic mass is 10.1. The summed E-state index contributed by atoms with van der Waals surface area (Å²) in [6.45, 7) is 3.88. The number of halogens is 1. The number of nitrogens with zero attached hydrogens (tertiary/aromatic N) is 2. The monoisotopic (exact) mass is 359 g/mol. The van der Waals surface area contributed by atoms with Crippen molar-refractivity contribution >= 4 is 23.3 Å². The maximum Gasteiger partial charge on any atom is 0.321 e. The number of pyridine rings is 1. The summed E-state index contributed by atoms with van der Waals surface area (Å²) in [6, 6.07) is 9.39. The van der Waals surface area contributed by atoms with Gasteiger partial charge >= 0.3 is 6.03 Å². The summed E-state index contributed by atoms with van der Waals surface area (Å²) >= 11 is 6.14. The van der Waals surface area contributed by atoms with E-state index in [4.69, 9.17) is 16.3 Å². The zero-order valence-corrected chi connectivity index (χ0v) is 15.0. The van der Waals surface area contributed by atoms with E-state index in [2.05, 4.69) is 10.3 Å². The molecule has 1 fully saturated rings. The van der Waals surface area contributed by atoms with Gasteiger partial charge in [0.15, 0.2) is 0 Å². The molecule has 0 aliphatic carbocycles. The highest BCUT2D eigenvalue weighted by Crippen LogP contribution is 2.24. The molecule has 1 N–H and O–H groups in total. The average Bonchev–Trinajstić information content (AvgIpc) is 2.64. The van der Waals surface area contributed by atoms with E-state index < -0.39 is 0 Å². The van der Waals surface area contributed by atoms with E-state index in [0.29, 0.717) is 30.4 Å². The Labute approximate surface area is 153 Å². The largest absolute Gasteiger partial charge is 0.373 e. The van der Waals surface area contributed by atoms with Gasteiger partial charge in [-0.25, -0.2) is 4.79 Å². The Bertz CT molecular complexity index is 716. The van der Waals surface area contributed by atoms with E-state index in [1.807, 2.05) is 42.3 Å². The van der Waals surface area contributed by atoms with Gasteiger partial charge in [-0.1, -0.05) is 23.7 Å². The van der Waals surface area contributed by atoms with Gasteiger partial charge in [0.05, 0.1) is 23.4 Å². The number of anilines is 1. The van der Waals surface area contributed by atoms with Gasteiger partial charge in [0.25, 0.3) is 0 Å². The first-order chi connectivity index (χ1) is 12.1. The maximum absolute atomic E-state index is 12.4. The summed E-state index contributed by atoms with van der Waals surface area (Å²) in [5, 5.41) is 3.45. The van der Waals surface area contributed by atoms with Crippen LogP contribution in [-0.2, 0) is 11.3 Å². The van der Waals surface area contributed by atoms with Crippen molar-refractivity contribution in [2.45, 2.75) is 32.5 Å². The molecule has 0 atom stereocenters.